The number of sulfonamides is 1. The molecule has 150 valence electrons. The van der Waals surface area contributed by atoms with E-state index in [2.05, 4.69) is 10.3 Å². The molecular formula is C22H23N3O3S. The normalized spacial score (nSPS) is 11.1. The Kier molecular flexibility index (Phi) is 6.29. The predicted octanol–water partition coefficient (Wildman–Crippen LogP) is 3.19. The maximum Gasteiger partial charge on any atom is 0.264 e. The Hall–Kier alpha value is -3.19. The number of rotatable bonds is 7. The Morgan fingerprint density at radius 3 is 2.31 bits per heavy atom. The molecule has 0 spiro atoms. The van der Waals surface area contributed by atoms with E-state index < -0.39 is 10.0 Å². The van der Waals surface area contributed by atoms with E-state index in [0.29, 0.717) is 24.2 Å². The van der Waals surface area contributed by atoms with Crippen LogP contribution in [-0.4, -0.2) is 32.9 Å². The van der Waals surface area contributed by atoms with Gasteiger partial charge in [-0.15, -0.1) is 0 Å². The molecule has 7 heteroatoms. The van der Waals surface area contributed by atoms with Crippen molar-refractivity contribution in [2.75, 3.05) is 17.9 Å². The van der Waals surface area contributed by atoms with Crippen molar-refractivity contribution in [2.45, 2.75) is 18.2 Å². The number of anilines is 1. The van der Waals surface area contributed by atoms with E-state index in [0.717, 1.165) is 11.3 Å². The number of hydrogen-bond donors (Lipinski definition) is 1. The third-order valence-electron chi connectivity index (χ3n) is 4.57. The summed E-state index contributed by atoms with van der Waals surface area (Å²) in [5, 5.41) is 2.85. The molecule has 0 bridgehead atoms. The van der Waals surface area contributed by atoms with Crippen molar-refractivity contribution in [3.05, 3.63) is 89.7 Å². The summed E-state index contributed by atoms with van der Waals surface area (Å²) in [5.41, 5.74) is 2.85. The molecule has 29 heavy (non-hydrogen) atoms. The van der Waals surface area contributed by atoms with Crippen molar-refractivity contribution in [1.29, 1.82) is 0 Å². The summed E-state index contributed by atoms with van der Waals surface area (Å²) in [6.45, 7) is 2.37. The maximum atomic E-state index is 12.8. The van der Waals surface area contributed by atoms with Gasteiger partial charge in [0.05, 0.1) is 10.6 Å². The fraction of sp³-hybridized carbons (Fsp3) is 0.182. The Labute approximate surface area is 171 Å². The lowest BCUT2D eigenvalue weighted by molar-refractivity contribution is 0.0954. The Morgan fingerprint density at radius 1 is 1.00 bits per heavy atom. The zero-order valence-corrected chi connectivity index (χ0v) is 17.2. The number of benzene rings is 2. The van der Waals surface area contributed by atoms with E-state index in [1.54, 1.807) is 54.7 Å². The molecule has 1 heterocycles. The SMILES string of the molecule is Cc1ccc(S(=O)(=O)N(C)c2ccc(C(=O)NCCc3ccccn3)cc2)cc1. The molecule has 2 aromatic carbocycles. The maximum absolute atomic E-state index is 12.8. The van der Waals surface area contributed by atoms with Crippen LogP contribution in [0.1, 0.15) is 21.6 Å². The fourth-order valence-electron chi connectivity index (χ4n) is 2.78. The van der Waals surface area contributed by atoms with Crippen LogP contribution in [0, 0.1) is 6.92 Å². The van der Waals surface area contributed by atoms with Gasteiger partial charge in [-0.1, -0.05) is 23.8 Å². The number of aryl methyl sites for hydroxylation is 1. The number of amides is 1. The Bertz CT molecular complexity index is 1060. The van der Waals surface area contributed by atoms with Gasteiger partial charge >= 0.3 is 0 Å². The van der Waals surface area contributed by atoms with Gasteiger partial charge in [0.15, 0.2) is 0 Å². The third kappa shape index (κ3) is 5.00. The predicted molar refractivity (Wildman–Crippen MR) is 113 cm³/mol. The van der Waals surface area contributed by atoms with Crippen molar-refractivity contribution in [2.24, 2.45) is 0 Å². The molecule has 0 aliphatic heterocycles. The summed E-state index contributed by atoms with van der Waals surface area (Å²) in [6, 6.07) is 18.8. The van der Waals surface area contributed by atoms with Crippen LogP contribution in [0.3, 0.4) is 0 Å². The zero-order valence-electron chi connectivity index (χ0n) is 16.4. The van der Waals surface area contributed by atoms with Crippen LogP contribution >= 0.6 is 0 Å². The van der Waals surface area contributed by atoms with Crippen molar-refractivity contribution in [3.8, 4) is 0 Å². The number of pyridine rings is 1. The first-order valence-corrected chi connectivity index (χ1v) is 10.7. The van der Waals surface area contributed by atoms with Gasteiger partial charge in [-0.2, -0.15) is 0 Å². The molecule has 0 fully saturated rings. The summed E-state index contributed by atoms with van der Waals surface area (Å²) in [4.78, 5) is 16.7. The molecule has 1 amide bonds. The van der Waals surface area contributed by atoms with Gasteiger partial charge in [0.1, 0.15) is 0 Å². The van der Waals surface area contributed by atoms with E-state index in [9.17, 15) is 13.2 Å². The smallest absolute Gasteiger partial charge is 0.264 e. The zero-order chi connectivity index (χ0) is 20.9. The molecule has 6 nitrogen and oxygen atoms in total. The highest BCUT2D eigenvalue weighted by Gasteiger charge is 2.21. The highest BCUT2D eigenvalue weighted by Crippen LogP contribution is 2.22. The van der Waals surface area contributed by atoms with E-state index in [4.69, 9.17) is 0 Å². The highest BCUT2D eigenvalue weighted by molar-refractivity contribution is 7.92. The largest absolute Gasteiger partial charge is 0.352 e. The average Bonchev–Trinajstić information content (AvgIpc) is 2.74. The summed E-state index contributed by atoms with van der Waals surface area (Å²) in [5.74, 6) is -0.212. The average molecular weight is 410 g/mol. The minimum Gasteiger partial charge on any atom is -0.352 e. The van der Waals surface area contributed by atoms with Gasteiger partial charge in [-0.3, -0.25) is 14.1 Å². The molecule has 0 radical (unpaired) electrons. The topological polar surface area (TPSA) is 79.4 Å². The molecule has 3 aromatic rings. The van der Waals surface area contributed by atoms with Gasteiger partial charge in [0, 0.05) is 37.5 Å². The number of aromatic nitrogens is 1. The molecule has 0 atom stereocenters. The fourth-order valence-corrected chi connectivity index (χ4v) is 3.98. The monoisotopic (exact) mass is 409 g/mol. The van der Waals surface area contributed by atoms with E-state index in [-0.39, 0.29) is 10.8 Å². The standard InChI is InChI=1S/C22H23N3O3S/c1-17-6-12-21(13-7-17)29(27,28)25(2)20-10-8-18(9-11-20)22(26)24-16-14-19-5-3-4-15-23-19/h3-13,15H,14,16H2,1-2H3,(H,24,26). The number of nitrogens with one attached hydrogen (secondary N) is 1. The van der Waals surface area contributed by atoms with Crippen LogP contribution in [0.25, 0.3) is 0 Å². The molecule has 0 aliphatic carbocycles. The van der Waals surface area contributed by atoms with Crippen LogP contribution in [0.2, 0.25) is 0 Å². The van der Waals surface area contributed by atoms with Crippen molar-refractivity contribution in [1.82, 2.24) is 10.3 Å². The minimum atomic E-state index is -3.66. The lowest BCUT2D eigenvalue weighted by Gasteiger charge is -2.20. The molecule has 1 N–H and O–H groups in total. The molecule has 1 aromatic heterocycles. The van der Waals surface area contributed by atoms with E-state index in [1.165, 1.54) is 11.4 Å². The Balaban J connectivity index is 1.64. The molecule has 0 saturated carbocycles. The Morgan fingerprint density at radius 2 is 1.69 bits per heavy atom. The van der Waals surface area contributed by atoms with Crippen molar-refractivity contribution in [3.63, 3.8) is 0 Å². The van der Waals surface area contributed by atoms with Crippen LogP contribution < -0.4 is 9.62 Å². The van der Waals surface area contributed by atoms with Crippen molar-refractivity contribution >= 4 is 21.6 Å². The highest BCUT2D eigenvalue weighted by atomic mass is 32.2. The molecule has 0 unspecified atom stereocenters. The molecule has 0 saturated heterocycles. The second-order valence-corrected chi connectivity index (χ2v) is 8.63. The summed E-state index contributed by atoms with van der Waals surface area (Å²) < 4.78 is 26.8. The number of hydrogen-bond acceptors (Lipinski definition) is 4. The number of nitrogens with zero attached hydrogens (tertiary/aromatic N) is 2. The van der Waals surface area contributed by atoms with E-state index in [1.807, 2.05) is 25.1 Å². The molecular weight excluding hydrogens is 386 g/mol. The van der Waals surface area contributed by atoms with Gasteiger partial charge in [0.2, 0.25) is 0 Å². The van der Waals surface area contributed by atoms with Gasteiger partial charge in [-0.05, 0) is 55.5 Å². The third-order valence-corrected chi connectivity index (χ3v) is 6.37. The molecule has 3 rings (SSSR count). The van der Waals surface area contributed by atoms with Gasteiger partial charge in [0.25, 0.3) is 15.9 Å². The first-order chi connectivity index (χ1) is 13.9. The van der Waals surface area contributed by atoms with Gasteiger partial charge in [-0.25, -0.2) is 8.42 Å². The second kappa shape index (κ2) is 8.87. The number of carbonyl (C=O) groups excluding carboxylic acids is 1. The lowest BCUT2D eigenvalue weighted by Crippen LogP contribution is -2.27. The van der Waals surface area contributed by atoms with Crippen LogP contribution in [-0.2, 0) is 16.4 Å². The summed E-state index contributed by atoms with van der Waals surface area (Å²) >= 11 is 0. The van der Waals surface area contributed by atoms with Gasteiger partial charge < -0.3 is 5.32 Å². The first-order valence-electron chi connectivity index (χ1n) is 9.22. The molecule has 0 aliphatic rings. The van der Waals surface area contributed by atoms with E-state index >= 15 is 0 Å². The van der Waals surface area contributed by atoms with Crippen LogP contribution in [0.4, 0.5) is 5.69 Å². The second-order valence-electron chi connectivity index (χ2n) is 6.66. The summed E-state index contributed by atoms with van der Waals surface area (Å²) in [7, 11) is -2.16. The summed E-state index contributed by atoms with van der Waals surface area (Å²) in [6.07, 6.45) is 2.36. The van der Waals surface area contributed by atoms with Crippen molar-refractivity contribution < 1.29 is 13.2 Å². The number of carbonyl (C=O) groups is 1. The first kappa shape index (κ1) is 20.5. The van der Waals surface area contributed by atoms with Crippen LogP contribution in [0.15, 0.2) is 77.8 Å². The van der Waals surface area contributed by atoms with Crippen LogP contribution in [0.5, 0.6) is 0 Å². The minimum absolute atomic E-state index is 0.212. The quantitative estimate of drug-likeness (QED) is 0.650. The lowest BCUT2D eigenvalue weighted by atomic mass is 10.2.